The number of carbonyl (C=O) groups is 2. The van der Waals surface area contributed by atoms with Gasteiger partial charge in [0.1, 0.15) is 5.78 Å². The van der Waals surface area contributed by atoms with Gasteiger partial charge in [0.25, 0.3) is 0 Å². The van der Waals surface area contributed by atoms with Gasteiger partial charge in [-0.1, -0.05) is 244 Å². The van der Waals surface area contributed by atoms with Crippen molar-refractivity contribution >= 4 is 11.7 Å². The van der Waals surface area contributed by atoms with E-state index in [-0.39, 0.29) is 18.6 Å². The third-order valence-corrected chi connectivity index (χ3v) is 12.3. The lowest BCUT2D eigenvalue weighted by Crippen LogP contribution is -2.37. The first-order valence-corrected chi connectivity index (χ1v) is 26.2. The zero-order chi connectivity index (χ0) is 41.4. The summed E-state index contributed by atoms with van der Waals surface area (Å²) in [6.07, 6.45) is 61.5. The molecule has 0 bridgehead atoms. The number of hydrogen-bond acceptors (Lipinski definition) is 3. The number of aliphatic hydroxyl groups excluding tert-OH is 1. The number of nitrogens with one attached hydrogen (secondary N) is 1. The minimum absolute atomic E-state index is 0.0580. The number of unbranched alkanes of at least 4 members (excludes halogenated alkanes) is 37. The second-order valence-corrected chi connectivity index (χ2v) is 18.2. The van der Waals surface area contributed by atoms with Gasteiger partial charge in [-0.2, -0.15) is 0 Å². The largest absolute Gasteiger partial charge is 0.394 e. The van der Waals surface area contributed by atoms with E-state index in [0.29, 0.717) is 12.2 Å². The van der Waals surface area contributed by atoms with Crippen LogP contribution >= 0.6 is 0 Å². The molecule has 1 amide bonds. The topological polar surface area (TPSA) is 66.4 Å². The maximum absolute atomic E-state index is 12.4. The molecule has 0 aliphatic rings. The van der Waals surface area contributed by atoms with E-state index in [4.69, 9.17) is 0 Å². The molecule has 0 spiro atoms. The van der Waals surface area contributed by atoms with Crippen molar-refractivity contribution in [3.8, 4) is 0 Å². The van der Waals surface area contributed by atoms with Gasteiger partial charge >= 0.3 is 0 Å². The Morgan fingerprint density at radius 3 is 1.00 bits per heavy atom. The van der Waals surface area contributed by atoms with Crippen LogP contribution in [0.3, 0.4) is 0 Å². The van der Waals surface area contributed by atoms with Crippen molar-refractivity contribution in [3.05, 3.63) is 12.2 Å². The standard InChI is InChI=1S/C53H103NO3/c1-3-5-7-9-11-13-15-17-19-21-22-26-30-34-38-42-46-51(50-55)54-53(57)49-45-41-37-33-29-25-24-28-32-36-40-44-48-52(56)47-43-39-35-31-27-23-20-18-16-14-12-10-8-6-4-2/h18,20,51,55H,3-17,19,21-50H2,1-2H3,(H,54,57)/b20-18-/t51-/m1/s1. The van der Waals surface area contributed by atoms with Gasteiger partial charge in [-0.05, 0) is 51.4 Å². The van der Waals surface area contributed by atoms with Gasteiger partial charge in [-0.3, -0.25) is 9.59 Å². The smallest absolute Gasteiger partial charge is 0.220 e. The molecule has 57 heavy (non-hydrogen) atoms. The number of allylic oxidation sites excluding steroid dienone is 2. The normalized spacial score (nSPS) is 12.2. The summed E-state index contributed by atoms with van der Waals surface area (Å²) in [7, 11) is 0. The highest BCUT2D eigenvalue weighted by Gasteiger charge is 2.11. The molecule has 0 radical (unpaired) electrons. The summed E-state index contributed by atoms with van der Waals surface area (Å²) in [6.45, 7) is 4.63. The van der Waals surface area contributed by atoms with Gasteiger partial charge in [0.2, 0.25) is 5.91 Å². The highest BCUT2D eigenvalue weighted by atomic mass is 16.3. The second kappa shape index (κ2) is 49.2. The van der Waals surface area contributed by atoms with Gasteiger partial charge in [-0.25, -0.2) is 0 Å². The lowest BCUT2D eigenvalue weighted by molar-refractivity contribution is -0.122. The minimum atomic E-state index is -0.0707. The van der Waals surface area contributed by atoms with Crippen LogP contribution in [0.1, 0.15) is 303 Å². The second-order valence-electron chi connectivity index (χ2n) is 18.2. The van der Waals surface area contributed by atoms with E-state index in [0.717, 1.165) is 51.4 Å². The van der Waals surface area contributed by atoms with Crippen LogP contribution in [-0.4, -0.2) is 29.4 Å². The molecule has 0 heterocycles. The van der Waals surface area contributed by atoms with Crippen molar-refractivity contribution < 1.29 is 14.7 Å². The average molecular weight is 802 g/mol. The number of amides is 1. The zero-order valence-corrected chi connectivity index (χ0v) is 39.0. The molecule has 0 saturated heterocycles. The summed E-state index contributed by atoms with van der Waals surface area (Å²) >= 11 is 0. The van der Waals surface area contributed by atoms with Gasteiger partial charge in [0.15, 0.2) is 0 Å². The summed E-state index contributed by atoms with van der Waals surface area (Å²) in [4.78, 5) is 24.7. The third kappa shape index (κ3) is 47.4. The number of rotatable bonds is 49. The van der Waals surface area contributed by atoms with Crippen molar-refractivity contribution in [1.82, 2.24) is 5.32 Å². The van der Waals surface area contributed by atoms with Gasteiger partial charge in [-0.15, -0.1) is 0 Å². The monoisotopic (exact) mass is 802 g/mol. The van der Waals surface area contributed by atoms with Crippen LogP contribution in [-0.2, 0) is 9.59 Å². The Balaban J connectivity index is 3.39. The molecule has 0 aromatic heterocycles. The summed E-state index contributed by atoms with van der Waals surface area (Å²) in [5.41, 5.74) is 0. The predicted octanol–water partition coefficient (Wildman–Crippen LogP) is 17.2. The molecular formula is C53H103NO3. The van der Waals surface area contributed by atoms with E-state index in [2.05, 4.69) is 31.3 Å². The molecule has 0 aromatic carbocycles. The Labute approximate surface area is 358 Å². The molecular weight excluding hydrogens is 699 g/mol. The van der Waals surface area contributed by atoms with Crippen LogP contribution in [0.25, 0.3) is 0 Å². The Morgan fingerprint density at radius 1 is 0.386 bits per heavy atom. The number of ketones is 1. The maximum Gasteiger partial charge on any atom is 0.220 e. The van der Waals surface area contributed by atoms with Crippen LogP contribution in [0, 0.1) is 0 Å². The number of carbonyl (C=O) groups excluding carboxylic acids is 2. The van der Waals surface area contributed by atoms with E-state index in [9.17, 15) is 14.7 Å². The molecule has 0 aliphatic carbocycles. The summed E-state index contributed by atoms with van der Waals surface area (Å²) in [5, 5.41) is 12.9. The molecule has 2 N–H and O–H groups in total. The first-order chi connectivity index (χ1) is 28.1. The molecule has 0 unspecified atom stereocenters. The molecule has 4 nitrogen and oxygen atoms in total. The van der Waals surface area contributed by atoms with Crippen LogP contribution in [0.4, 0.5) is 0 Å². The molecule has 0 rings (SSSR count). The van der Waals surface area contributed by atoms with Crippen LogP contribution in [0.2, 0.25) is 0 Å². The lowest BCUT2D eigenvalue weighted by Gasteiger charge is -2.16. The quantitative estimate of drug-likeness (QED) is 0.0476. The Kier molecular flexibility index (Phi) is 48.2. The van der Waals surface area contributed by atoms with E-state index in [1.165, 1.54) is 231 Å². The molecule has 0 aromatic rings. The molecule has 0 saturated carbocycles. The van der Waals surface area contributed by atoms with Crippen molar-refractivity contribution in [2.75, 3.05) is 6.61 Å². The molecule has 0 fully saturated rings. The number of aliphatic hydroxyl groups is 1. The van der Waals surface area contributed by atoms with Gasteiger partial charge < -0.3 is 10.4 Å². The Hall–Kier alpha value is -1.16. The third-order valence-electron chi connectivity index (χ3n) is 12.3. The Morgan fingerprint density at radius 2 is 0.667 bits per heavy atom. The first-order valence-electron chi connectivity index (χ1n) is 26.2. The highest BCUT2D eigenvalue weighted by molar-refractivity contribution is 5.78. The number of hydrogen-bond donors (Lipinski definition) is 2. The van der Waals surface area contributed by atoms with Crippen LogP contribution in [0.15, 0.2) is 12.2 Å². The van der Waals surface area contributed by atoms with Gasteiger partial charge in [0, 0.05) is 19.3 Å². The van der Waals surface area contributed by atoms with Crippen LogP contribution in [0.5, 0.6) is 0 Å². The van der Waals surface area contributed by atoms with Crippen LogP contribution < -0.4 is 5.32 Å². The zero-order valence-electron chi connectivity index (χ0n) is 39.0. The summed E-state index contributed by atoms with van der Waals surface area (Å²) in [5.74, 6) is 0.608. The molecule has 4 heteroatoms. The van der Waals surface area contributed by atoms with E-state index in [1.54, 1.807) is 0 Å². The summed E-state index contributed by atoms with van der Waals surface area (Å²) < 4.78 is 0. The van der Waals surface area contributed by atoms with Crippen molar-refractivity contribution in [3.63, 3.8) is 0 Å². The fourth-order valence-electron chi connectivity index (χ4n) is 8.34. The molecule has 0 aliphatic heterocycles. The maximum atomic E-state index is 12.4. The van der Waals surface area contributed by atoms with E-state index in [1.807, 2.05) is 0 Å². The molecule has 1 atom stereocenters. The van der Waals surface area contributed by atoms with E-state index < -0.39 is 0 Å². The SMILES string of the molecule is CCCCCCCC/C=C\CCCCCCCC(=O)CCCCCCCCCCCCCCC(=O)N[C@@H](CO)CCCCCCCCCCCCCCCCCC. The number of Topliss-reactive ketones (excluding diaryl/α,β-unsaturated/α-hetero) is 1. The summed E-state index contributed by atoms with van der Waals surface area (Å²) in [6, 6.07) is -0.0707. The minimum Gasteiger partial charge on any atom is -0.394 e. The predicted molar refractivity (Wildman–Crippen MR) is 252 cm³/mol. The molecule has 338 valence electrons. The van der Waals surface area contributed by atoms with E-state index >= 15 is 0 Å². The first kappa shape index (κ1) is 55.8. The van der Waals surface area contributed by atoms with Crippen molar-refractivity contribution in [1.29, 1.82) is 0 Å². The average Bonchev–Trinajstić information content (AvgIpc) is 3.21. The fourth-order valence-corrected chi connectivity index (χ4v) is 8.34. The Bertz CT molecular complexity index is 825. The van der Waals surface area contributed by atoms with Crippen molar-refractivity contribution in [2.24, 2.45) is 0 Å². The highest BCUT2D eigenvalue weighted by Crippen LogP contribution is 2.17. The fraction of sp³-hybridized carbons (Fsp3) is 0.925. The van der Waals surface area contributed by atoms with Gasteiger partial charge in [0.05, 0.1) is 12.6 Å². The lowest BCUT2D eigenvalue weighted by atomic mass is 10.0. The van der Waals surface area contributed by atoms with Crippen molar-refractivity contribution in [2.45, 2.75) is 309 Å².